The Morgan fingerprint density at radius 2 is 2.00 bits per heavy atom. The van der Waals surface area contributed by atoms with Crippen LogP contribution in [0.4, 0.5) is 0 Å². The summed E-state index contributed by atoms with van der Waals surface area (Å²) in [4.78, 5) is 12.3. The monoisotopic (exact) mass is 333 g/mol. The number of nitrogens with one attached hydrogen (secondary N) is 1. The lowest BCUT2D eigenvalue weighted by molar-refractivity contribution is 0.0951. The number of nitrogens with zero attached hydrogens (tertiary/aromatic N) is 6. The van der Waals surface area contributed by atoms with E-state index in [0.29, 0.717) is 18.7 Å². The van der Waals surface area contributed by atoms with E-state index in [9.17, 15) is 4.79 Å². The number of tetrazole rings is 1. The van der Waals surface area contributed by atoms with Crippen LogP contribution in [0.25, 0.3) is 5.52 Å². The van der Waals surface area contributed by atoms with Crippen LogP contribution in [-0.4, -0.2) is 35.7 Å². The Balaban J connectivity index is 1.41. The number of amides is 1. The third kappa shape index (κ3) is 3.23. The predicted molar refractivity (Wildman–Crippen MR) is 89.7 cm³/mol. The van der Waals surface area contributed by atoms with Gasteiger partial charge in [-0.3, -0.25) is 4.79 Å². The molecule has 8 nitrogen and oxygen atoms in total. The fourth-order valence-corrected chi connectivity index (χ4v) is 2.64. The van der Waals surface area contributed by atoms with E-state index in [1.807, 2.05) is 36.5 Å². The lowest BCUT2D eigenvalue weighted by Gasteiger charge is -2.08. The van der Waals surface area contributed by atoms with Crippen LogP contribution in [0.15, 0.2) is 61.2 Å². The molecule has 4 aromatic rings. The van der Waals surface area contributed by atoms with Crippen LogP contribution in [0, 0.1) is 0 Å². The SMILES string of the molecule is O=C(NCc1cccn2nccc12)c1ccc(Cn2cnnn2)cc1. The number of hydrogen-bond donors (Lipinski definition) is 1. The minimum absolute atomic E-state index is 0.115. The first-order chi connectivity index (χ1) is 12.3. The van der Waals surface area contributed by atoms with Gasteiger partial charge in [0.2, 0.25) is 0 Å². The Hall–Kier alpha value is -3.55. The first kappa shape index (κ1) is 15.0. The topological polar surface area (TPSA) is 90.0 Å². The zero-order valence-corrected chi connectivity index (χ0v) is 13.3. The third-order valence-electron chi connectivity index (χ3n) is 3.92. The van der Waals surface area contributed by atoms with E-state index >= 15 is 0 Å². The van der Waals surface area contributed by atoms with Gasteiger partial charge in [-0.05, 0) is 45.8 Å². The van der Waals surface area contributed by atoms with Crippen LogP contribution in [-0.2, 0) is 13.1 Å². The molecular weight excluding hydrogens is 318 g/mol. The van der Waals surface area contributed by atoms with Gasteiger partial charge in [0.05, 0.1) is 12.1 Å². The van der Waals surface area contributed by atoms with E-state index in [1.54, 1.807) is 33.9 Å². The highest BCUT2D eigenvalue weighted by molar-refractivity contribution is 5.94. The summed E-state index contributed by atoms with van der Waals surface area (Å²) < 4.78 is 3.41. The average molecular weight is 333 g/mol. The lowest BCUT2D eigenvalue weighted by Crippen LogP contribution is -2.23. The van der Waals surface area contributed by atoms with Gasteiger partial charge >= 0.3 is 0 Å². The summed E-state index contributed by atoms with van der Waals surface area (Å²) in [5.74, 6) is -0.115. The molecule has 0 aliphatic rings. The zero-order valence-electron chi connectivity index (χ0n) is 13.3. The molecule has 0 aliphatic carbocycles. The number of aromatic nitrogens is 6. The minimum atomic E-state index is -0.115. The van der Waals surface area contributed by atoms with Gasteiger partial charge in [-0.25, -0.2) is 9.20 Å². The van der Waals surface area contributed by atoms with Crippen molar-refractivity contribution in [3.63, 3.8) is 0 Å². The summed E-state index contributed by atoms with van der Waals surface area (Å²) in [5, 5.41) is 18.2. The third-order valence-corrected chi connectivity index (χ3v) is 3.92. The molecule has 1 amide bonds. The Kier molecular flexibility index (Phi) is 3.91. The highest BCUT2D eigenvalue weighted by atomic mass is 16.1. The molecule has 3 aromatic heterocycles. The molecule has 0 aliphatic heterocycles. The van der Waals surface area contributed by atoms with Crippen molar-refractivity contribution in [3.8, 4) is 0 Å². The molecule has 0 unspecified atom stereocenters. The second-order valence-corrected chi connectivity index (χ2v) is 5.58. The van der Waals surface area contributed by atoms with Gasteiger partial charge in [0.15, 0.2) is 0 Å². The molecule has 0 saturated carbocycles. The minimum Gasteiger partial charge on any atom is -0.348 e. The molecule has 0 saturated heterocycles. The van der Waals surface area contributed by atoms with Crippen LogP contribution in [0.1, 0.15) is 21.5 Å². The summed E-state index contributed by atoms with van der Waals surface area (Å²) >= 11 is 0. The Labute approximate surface area is 143 Å². The van der Waals surface area contributed by atoms with Crippen LogP contribution in [0.5, 0.6) is 0 Å². The first-order valence-corrected chi connectivity index (χ1v) is 7.79. The summed E-state index contributed by atoms with van der Waals surface area (Å²) in [6, 6.07) is 13.2. The highest BCUT2D eigenvalue weighted by Crippen LogP contribution is 2.10. The van der Waals surface area contributed by atoms with Gasteiger partial charge in [-0.1, -0.05) is 18.2 Å². The molecule has 4 rings (SSSR count). The Morgan fingerprint density at radius 3 is 2.80 bits per heavy atom. The second kappa shape index (κ2) is 6.52. The van der Waals surface area contributed by atoms with Crippen molar-refractivity contribution in [2.24, 2.45) is 0 Å². The summed E-state index contributed by atoms with van der Waals surface area (Å²) in [5.41, 5.74) is 3.64. The smallest absolute Gasteiger partial charge is 0.251 e. The molecular formula is C17H15N7O. The molecule has 8 heteroatoms. The van der Waals surface area contributed by atoms with E-state index in [-0.39, 0.29) is 5.91 Å². The van der Waals surface area contributed by atoms with Gasteiger partial charge in [0.1, 0.15) is 6.33 Å². The predicted octanol–water partition coefficient (Wildman–Crippen LogP) is 1.30. The quantitative estimate of drug-likeness (QED) is 0.594. The van der Waals surface area contributed by atoms with Crippen molar-refractivity contribution in [2.45, 2.75) is 13.1 Å². The van der Waals surface area contributed by atoms with Gasteiger partial charge in [0.25, 0.3) is 5.91 Å². The lowest BCUT2D eigenvalue weighted by atomic mass is 10.1. The summed E-state index contributed by atoms with van der Waals surface area (Å²) in [6.45, 7) is 1.01. The molecule has 124 valence electrons. The van der Waals surface area contributed by atoms with Crippen LogP contribution in [0.3, 0.4) is 0 Å². The fraction of sp³-hybridized carbons (Fsp3) is 0.118. The van der Waals surface area contributed by atoms with E-state index < -0.39 is 0 Å². The summed E-state index contributed by atoms with van der Waals surface area (Å²) in [6.07, 6.45) is 5.17. The number of benzene rings is 1. The molecule has 25 heavy (non-hydrogen) atoms. The maximum absolute atomic E-state index is 12.3. The molecule has 3 heterocycles. The van der Waals surface area contributed by atoms with E-state index in [0.717, 1.165) is 16.6 Å². The van der Waals surface area contributed by atoms with Crippen molar-refractivity contribution < 1.29 is 4.79 Å². The molecule has 1 N–H and O–H groups in total. The molecule has 0 spiro atoms. The van der Waals surface area contributed by atoms with Gasteiger partial charge < -0.3 is 5.32 Å². The van der Waals surface area contributed by atoms with E-state index in [2.05, 4.69) is 25.9 Å². The van der Waals surface area contributed by atoms with Gasteiger partial charge in [0, 0.05) is 24.5 Å². The standard InChI is InChI=1S/C17H15N7O/c25-17(18-10-15-2-1-9-24-16(15)7-8-20-24)14-5-3-13(4-6-14)11-23-12-19-21-22-23/h1-9,12H,10-11H2,(H,18,25). The largest absolute Gasteiger partial charge is 0.348 e. The van der Waals surface area contributed by atoms with E-state index in [4.69, 9.17) is 0 Å². The molecule has 0 bridgehead atoms. The molecule has 0 fully saturated rings. The van der Waals surface area contributed by atoms with Crippen molar-refractivity contribution in [1.29, 1.82) is 0 Å². The van der Waals surface area contributed by atoms with Crippen LogP contribution < -0.4 is 5.32 Å². The fourth-order valence-electron chi connectivity index (χ4n) is 2.64. The second-order valence-electron chi connectivity index (χ2n) is 5.58. The van der Waals surface area contributed by atoms with Crippen molar-refractivity contribution in [2.75, 3.05) is 0 Å². The number of carbonyl (C=O) groups is 1. The molecule has 0 atom stereocenters. The average Bonchev–Trinajstić information content (AvgIpc) is 3.32. The highest BCUT2D eigenvalue weighted by Gasteiger charge is 2.07. The number of hydrogen-bond acceptors (Lipinski definition) is 5. The maximum Gasteiger partial charge on any atom is 0.251 e. The maximum atomic E-state index is 12.3. The van der Waals surface area contributed by atoms with E-state index in [1.165, 1.54) is 0 Å². The van der Waals surface area contributed by atoms with Gasteiger partial charge in [-0.15, -0.1) is 5.10 Å². The normalized spacial score (nSPS) is 10.9. The number of fused-ring (bicyclic) bond motifs is 1. The van der Waals surface area contributed by atoms with Gasteiger partial charge in [-0.2, -0.15) is 5.10 Å². The number of pyridine rings is 1. The van der Waals surface area contributed by atoms with Crippen LogP contribution in [0.2, 0.25) is 0 Å². The summed E-state index contributed by atoms with van der Waals surface area (Å²) in [7, 11) is 0. The van der Waals surface area contributed by atoms with Crippen molar-refractivity contribution in [1.82, 2.24) is 35.1 Å². The number of carbonyl (C=O) groups excluding carboxylic acids is 1. The zero-order chi connectivity index (χ0) is 17.1. The van der Waals surface area contributed by atoms with Crippen molar-refractivity contribution >= 4 is 11.4 Å². The molecule has 1 aromatic carbocycles. The van der Waals surface area contributed by atoms with Crippen LogP contribution >= 0.6 is 0 Å². The Morgan fingerprint density at radius 1 is 1.12 bits per heavy atom. The molecule has 0 radical (unpaired) electrons. The first-order valence-electron chi connectivity index (χ1n) is 7.79. The number of rotatable bonds is 5. The Bertz CT molecular complexity index is 989. The van der Waals surface area contributed by atoms with Crippen molar-refractivity contribution in [3.05, 3.63) is 77.9 Å².